The maximum Gasteiger partial charge on any atom is 0.266 e. The number of rotatable bonds is 9. The molecule has 0 spiro atoms. The van der Waals surface area contributed by atoms with Gasteiger partial charge in [0.2, 0.25) is 11.9 Å². The fourth-order valence-corrected chi connectivity index (χ4v) is 1.86. The zero-order valence-electron chi connectivity index (χ0n) is 12.5. The van der Waals surface area contributed by atoms with Crippen LogP contribution in [-0.2, 0) is 9.59 Å². The highest BCUT2D eigenvalue weighted by molar-refractivity contribution is 6.06. The van der Waals surface area contributed by atoms with E-state index < -0.39 is 29.9 Å². The Hall–Kier alpha value is -1.63. The summed E-state index contributed by atoms with van der Waals surface area (Å²) in [6, 6.07) is 7.60. The molecule has 22 heavy (non-hydrogen) atoms. The van der Waals surface area contributed by atoms with Crippen LogP contribution in [0.1, 0.15) is 26.2 Å². The molecule has 0 aliphatic heterocycles. The number of ketones is 1. The molecule has 1 unspecified atom stereocenters. The van der Waals surface area contributed by atoms with Crippen molar-refractivity contribution in [3.05, 3.63) is 30.3 Å². The molecule has 1 amide bonds. The number of unbranched alkanes of at least 4 members (excludes halogenated alkanes) is 1. The highest BCUT2D eigenvalue weighted by Crippen LogP contribution is 2.13. The molecular weight excluding hydrogens is 308 g/mol. The van der Waals surface area contributed by atoms with Crippen molar-refractivity contribution in [2.45, 2.75) is 44.4 Å². The van der Waals surface area contributed by atoms with Crippen LogP contribution < -0.4 is 16.2 Å². The third kappa shape index (κ3) is 6.01. The lowest BCUT2D eigenvalue weighted by atomic mass is 9.98. The summed E-state index contributed by atoms with van der Waals surface area (Å²) in [7, 11) is 0. The van der Waals surface area contributed by atoms with Gasteiger partial charge in [0.05, 0.1) is 0 Å². The van der Waals surface area contributed by atoms with Gasteiger partial charge in [-0.05, 0) is 18.6 Å². The van der Waals surface area contributed by atoms with Crippen LogP contribution in [-0.4, -0.2) is 35.0 Å². The number of Topliss-reactive ketones (excluding diaryl/α,β-unsaturated/α-hetero) is 1. The minimum Gasteiger partial charge on any atom is -0.473 e. The zero-order chi connectivity index (χ0) is 15.8. The van der Waals surface area contributed by atoms with Gasteiger partial charge in [0.15, 0.2) is 0 Å². The summed E-state index contributed by atoms with van der Waals surface area (Å²) in [5.41, 5.74) is 10.9. The van der Waals surface area contributed by atoms with E-state index in [0.717, 1.165) is 12.8 Å². The molecule has 5 N–H and O–H groups in total. The number of aliphatic hydroxyl groups excluding tert-OH is 1. The summed E-state index contributed by atoms with van der Waals surface area (Å²) in [6.45, 7) is 1.98. The van der Waals surface area contributed by atoms with Gasteiger partial charge in [-0.3, -0.25) is 9.59 Å². The van der Waals surface area contributed by atoms with Crippen LogP contribution in [0.5, 0.6) is 5.75 Å². The molecule has 0 saturated carbocycles. The highest BCUT2D eigenvalue weighted by atomic mass is 35.5. The van der Waals surface area contributed by atoms with Gasteiger partial charge in [0, 0.05) is 6.04 Å². The summed E-state index contributed by atoms with van der Waals surface area (Å²) in [5.74, 6) is -1.44. The van der Waals surface area contributed by atoms with Crippen LogP contribution >= 0.6 is 12.4 Å². The molecule has 3 atom stereocenters. The fourth-order valence-electron chi connectivity index (χ4n) is 1.86. The van der Waals surface area contributed by atoms with Gasteiger partial charge in [0.25, 0.3) is 5.91 Å². The third-order valence-corrected chi connectivity index (χ3v) is 3.10. The Morgan fingerprint density at radius 3 is 2.36 bits per heavy atom. The first-order valence-corrected chi connectivity index (χ1v) is 6.95. The Morgan fingerprint density at radius 1 is 1.27 bits per heavy atom. The lowest BCUT2D eigenvalue weighted by Crippen LogP contribution is -2.51. The standard InChI is InChI=1S/C15H22N2O4.ClH/c1-2-3-9-11(16)12(18)13(19)14(15(17)20)21-10-7-5-4-6-8-10;/h4-8,11-12,14,18H,2-3,9,16H2,1H3,(H2,17,20);1H/t11-,12+,14?;/m1./s1. The first-order valence-electron chi connectivity index (χ1n) is 6.95. The summed E-state index contributed by atoms with van der Waals surface area (Å²) >= 11 is 0. The van der Waals surface area contributed by atoms with E-state index in [1.165, 1.54) is 0 Å². The Bertz CT molecular complexity index is 470. The van der Waals surface area contributed by atoms with E-state index in [4.69, 9.17) is 16.2 Å². The van der Waals surface area contributed by atoms with Crippen LogP contribution in [0.15, 0.2) is 30.3 Å². The molecule has 1 aromatic carbocycles. The molecule has 0 bridgehead atoms. The van der Waals surface area contributed by atoms with Crippen molar-refractivity contribution in [2.75, 3.05) is 0 Å². The second kappa shape index (κ2) is 10.2. The van der Waals surface area contributed by atoms with E-state index in [1.807, 2.05) is 6.92 Å². The number of benzene rings is 1. The lowest BCUT2D eigenvalue weighted by molar-refractivity contribution is -0.142. The van der Waals surface area contributed by atoms with Crippen molar-refractivity contribution in [1.82, 2.24) is 0 Å². The van der Waals surface area contributed by atoms with E-state index >= 15 is 0 Å². The maximum absolute atomic E-state index is 12.1. The van der Waals surface area contributed by atoms with E-state index in [-0.39, 0.29) is 12.4 Å². The number of ether oxygens (including phenoxy) is 1. The molecule has 0 aliphatic rings. The van der Waals surface area contributed by atoms with Gasteiger partial charge in [0.1, 0.15) is 11.9 Å². The third-order valence-electron chi connectivity index (χ3n) is 3.10. The van der Waals surface area contributed by atoms with Gasteiger partial charge in [-0.25, -0.2) is 0 Å². The number of carbonyl (C=O) groups excluding carboxylic acids is 2. The van der Waals surface area contributed by atoms with Gasteiger partial charge < -0.3 is 21.3 Å². The summed E-state index contributed by atoms with van der Waals surface area (Å²) in [5, 5.41) is 9.95. The molecular formula is C15H23ClN2O4. The van der Waals surface area contributed by atoms with Crippen molar-refractivity contribution in [3.63, 3.8) is 0 Å². The van der Waals surface area contributed by atoms with Crippen molar-refractivity contribution >= 4 is 24.1 Å². The summed E-state index contributed by atoms with van der Waals surface area (Å²) in [6.07, 6.45) is -0.853. The topological polar surface area (TPSA) is 116 Å². The van der Waals surface area contributed by atoms with Gasteiger partial charge in [-0.1, -0.05) is 38.0 Å². The lowest BCUT2D eigenvalue weighted by Gasteiger charge is -2.22. The number of halogens is 1. The van der Waals surface area contributed by atoms with Crippen molar-refractivity contribution in [3.8, 4) is 5.75 Å². The highest BCUT2D eigenvalue weighted by Gasteiger charge is 2.34. The predicted molar refractivity (Wildman–Crippen MR) is 85.8 cm³/mol. The van der Waals surface area contributed by atoms with Crippen LogP contribution in [0, 0.1) is 0 Å². The SMILES string of the molecule is CCCC[C@@H](N)[C@H](O)C(=O)C(Oc1ccccc1)C(N)=O.Cl. The van der Waals surface area contributed by atoms with E-state index in [9.17, 15) is 14.7 Å². The Labute approximate surface area is 136 Å². The number of primary amides is 1. The van der Waals surface area contributed by atoms with Crippen LogP contribution in [0.25, 0.3) is 0 Å². The van der Waals surface area contributed by atoms with Gasteiger partial charge in [-0.2, -0.15) is 0 Å². The molecule has 7 heteroatoms. The molecule has 6 nitrogen and oxygen atoms in total. The van der Waals surface area contributed by atoms with Crippen LogP contribution in [0.3, 0.4) is 0 Å². The molecule has 0 fully saturated rings. The van der Waals surface area contributed by atoms with E-state index in [1.54, 1.807) is 30.3 Å². The number of hydrogen-bond acceptors (Lipinski definition) is 5. The largest absolute Gasteiger partial charge is 0.473 e. The minimum absolute atomic E-state index is 0. The van der Waals surface area contributed by atoms with E-state index in [0.29, 0.717) is 12.2 Å². The van der Waals surface area contributed by atoms with Crippen molar-refractivity contribution < 1.29 is 19.4 Å². The molecule has 1 rings (SSSR count). The smallest absolute Gasteiger partial charge is 0.266 e. The number of hydrogen-bond donors (Lipinski definition) is 3. The average Bonchev–Trinajstić information content (AvgIpc) is 2.49. The maximum atomic E-state index is 12.1. The number of aliphatic hydroxyl groups is 1. The summed E-state index contributed by atoms with van der Waals surface area (Å²) in [4.78, 5) is 23.5. The van der Waals surface area contributed by atoms with Crippen LogP contribution in [0.4, 0.5) is 0 Å². The summed E-state index contributed by atoms with van der Waals surface area (Å²) < 4.78 is 5.27. The minimum atomic E-state index is -1.55. The Balaban J connectivity index is 0.00000441. The van der Waals surface area contributed by atoms with Crippen LogP contribution in [0.2, 0.25) is 0 Å². The van der Waals surface area contributed by atoms with Gasteiger partial charge >= 0.3 is 0 Å². The number of nitrogens with two attached hydrogens (primary N) is 2. The van der Waals surface area contributed by atoms with Gasteiger partial charge in [-0.15, -0.1) is 12.4 Å². The quantitative estimate of drug-likeness (QED) is 0.579. The molecule has 0 aromatic heterocycles. The Kier molecular flexibility index (Phi) is 9.40. The molecule has 0 saturated heterocycles. The number of carbonyl (C=O) groups is 2. The molecule has 124 valence electrons. The molecule has 0 heterocycles. The molecule has 0 radical (unpaired) electrons. The monoisotopic (exact) mass is 330 g/mol. The number of amides is 1. The predicted octanol–water partition coefficient (Wildman–Crippen LogP) is 0.789. The molecule has 0 aliphatic carbocycles. The normalized spacial score (nSPS) is 14.3. The fraction of sp³-hybridized carbons (Fsp3) is 0.467. The second-order valence-electron chi connectivity index (χ2n) is 4.87. The first kappa shape index (κ1) is 20.4. The van der Waals surface area contributed by atoms with Crippen molar-refractivity contribution in [2.24, 2.45) is 11.5 Å². The first-order chi connectivity index (χ1) is 9.97. The number of para-hydroxylation sites is 1. The zero-order valence-corrected chi connectivity index (χ0v) is 13.3. The van der Waals surface area contributed by atoms with E-state index in [2.05, 4.69) is 0 Å². The molecule has 1 aromatic rings. The second-order valence-corrected chi connectivity index (χ2v) is 4.87. The average molecular weight is 331 g/mol. The van der Waals surface area contributed by atoms with Crippen molar-refractivity contribution in [1.29, 1.82) is 0 Å². The Morgan fingerprint density at radius 2 is 1.86 bits per heavy atom.